The minimum absolute atomic E-state index is 0. The van der Waals surface area contributed by atoms with E-state index in [0.717, 1.165) is 57.4 Å². The van der Waals surface area contributed by atoms with Crippen molar-refractivity contribution in [2.45, 2.75) is 64.8 Å². The summed E-state index contributed by atoms with van der Waals surface area (Å²) in [4.78, 5) is 21.1. The van der Waals surface area contributed by atoms with E-state index in [0.29, 0.717) is 0 Å². The third-order valence-electron chi connectivity index (χ3n) is 5.28. The Balaban J connectivity index is 0.00000338. The normalized spacial score (nSPS) is 21.4. The van der Waals surface area contributed by atoms with Gasteiger partial charge in [-0.3, -0.25) is 4.79 Å². The molecule has 2 aliphatic heterocycles. The molecule has 1 amide bonds. The van der Waals surface area contributed by atoms with Crippen molar-refractivity contribution in [1.29, 1.82) is 0 Å². The SMILES string of the molecule is CCNC(=NCC(=O)N1CCCC1)NCCCCN1CCCCC1C.I. The molecule has 2 aliphatic rings. The van der Waals surface area contributed by atoms with Gasteiger partial charge in [-0.15, -0.1) is 24.0 Å². The number of nitrogens with one attached hydrogen (secondary N) is 2. The highest BCUT2D eigenvalue weighted by molar-refractivity contribution is 14.0. The Morgan fingerprint density at radius 1 is 1.08 bits per heavy atom. The van der Waals surface area contributed by atoms with Crippen LogP contribution in [0.4, 0.5) is 0 Å². The van der Waals surface area contributed by atoms with Crippen LogP contribution in [0.5, 0.6) is 0 Å². The van der Waals surface area contributed by atoms with Gasteiger partial charge in [0.1, 0.15) is 6.54 Å². The Kier molecular flexibility index (Phi) is 12.3. The maximum absolute atomic E-state index is 12.1. The molecule has 2 heterocycles. The third-order valence-corrected chi connectivity index (χ3v) is 5.28. The maximum atomic E-state index is 12.1. The molecule has 0 aromatic carbocycles. The van der Waals surface area contributed by atoms with Crippen molar-refractivity contribution in [1.82, 2.24) is 20.4 Å². The average Bonchev–Trinajstić information content (AvgIpc) is 3.15. The zero-order chi connectivity index (χ0) is 17.9. The summed E-state index contributed by atoms with van der Waals surface area (Å²) in [5.41, 5.74) is 0. The van der Waals surface area contributed by atoms with Gasteiger partial charge >= 0.3 is 0 Å². The fourth-order valence-electron chi connectivity index (χ4n) is 3.69. The van der Waals surface area contributed by atoms with E-state index in [-0.39, 0.29) is 36.4 Å². The zero-order valence-corrected chi connectivity index (χ0v) is 19.0. The standard InChI is InChI=1S/C19H37N5O.HI/c1-3-20-19(22-16-18(25)24-14-8-9-15-24)21-11-5-7-13-23-12-6-4-10-17(23)2;/h17H,3-16H2,1-2H3,(H2,20,21,22);1H. The van der Waals surface area contributed by atoms with E-state index >= 15 is 0 Å². The smallest absolute Gasteiger partial charge is 0.244 e. The summed E-state index contributed by atoms with van der Waals surface area (Å²) in [6.45, 7) is 10.6. The van der Waals surface area contributed by atoms with E-state index in [1.165, 1.54) is 38.8 Å². The monoisotopic (exact) mass is 479 g/mol. The number of likely N-dealkylation sites (tertiary alicyclic amines) is 2. The molecule has 6 nitrogen and oxygen atoms in total. The predicted octanol–water partition coefficient (Wildman–Crippen LogP) is 2.44. The van der Waals surface area contributed by atoms with Crippen molar-refractivity contribution >= 4 is 35.8 Å². The number of carbonyl (C=O) groups excluding carboxylic acids is 1. The van der Waals surface area contributed by atoms with Crippen LogP contribution in [-0.4, -0.2) is 73.5 Å². The molecule has 7 heteroatoms. The highest BCUT2D eigenvalue weighted by Crippen LogP contribution is 2.16. The second kappa shape index (κ2) is 13.6. The predicted molar refractivity (Wildman–Crippen MR) is 119 cm³/mol. The summed E-state index contributed by atoms with van der Waals surface area (Å²) in [6, 6.07) is 0.747. The van der Waals surface area contributed by atoms with Crippen LogP contribution >= 0.6 is 24.0 Å². The van der Waals surface area contributed by atoms with E-state index in [1.54, 1.807) is 0 Å². The quantitative estimate of drug-likeness (QED) is 0.243. The lowest BCUT2D eigenvalue weighted by molar-refractivity contribution is -0.128. The fraction of sp³-hybridized carbons (Fsp3) is 0.895. The molecule has 152 valence electrons. The molecule has 0 spiro atoms. The number of nitrogens with zero attached hydrogens (tertiary/aromatic N) is 3. The molecule has 0 aliphatic carbocycles. The molecular formula is C19H38IN5O. The number of carbonyl (C=O) groups is 1. The summed E-state index contributed by atoms with van der Waals surface area (Å²) in [5.74, 6) is 0.912. The Labute approximate surface area is 176 Å². The van der Waals surface area contributed by atoms with Gasteiger partial charge in [-0.05, 0) is 65.5 Å². The van der Waals surface area contributed by atoms with Crippen LogP contribution in [0.25, 0.3) is 0 Å². The van der Waals surface area contributed by atoms with Gasteiger partial charge in [0.15, 0.2) is 5.96 Å². The molecule has 26 heavy (non-hydrogen) atoms. The number of aliphatic imine (C=N–C) groups is 1. The molecule has 0 radical (unpaired) electrons. The Bertz CT molecular complexity index is 426. The van der Waals surface area contributed by atoms with Crippen molar-refractivity contribution in [2.24, 2.45) is 4.99 Å². The van der Waals surface area contributed by atoms with Crippen molar-refractivity contribution in [3.8, 4) is 0 Å². The highest BCUT2D eigenvalue weighted by atomic mass is 127. The van der Waals surface area contributed by atoms with Crippen molar-refractivity contribution in [2.75, 3.05) is 45.8 Å². The lowest BCUT2D eigenvalue weighted by Gasteiger charge is -2.33. The van der Waals surface area contributed by atoms with Gasteiger partial charge in [0.25, 0.3) is 0 Å². The van der Waals surface area contributed by atoms with Crippen molar-refractivity contribution in [3.05, 3.63) is 0 Å². The summed E-state index contributed by atoms with van der Waals surface area (Å²) in [7, 11) is 0. The summed E-state index contributed by atoms with van der Waals surface area (Å²) in [5, 5.41) is 6.60. The first-order chi connectivity index (χ1) is 12.2. The number of halogens is 1. The van der Waals surface area contributed by atoms with E-state index < -0.39 is 0 Å². The lowest BCUT2D eigenvalue weighted by atomic mass is 10.0. The second-order valence-corrected chi connectivity index (χ2v) is 7.30. The Morgan fingerprint density at radius 2 is 1.81 bits per heavy atom. The number of unbranched alkanes of at least 4 members (excludes halogenated alkanes) is 1. The lowest BCUT2D eigenvalue weighted by Crippen LogP contribution is -2.40. The Morgan fingerprint density at radius 3 is 2.50 bits per heavy atom. The molecule has 2 saturated heterocycles. The molecule has 2 fully saturated rings. The number of amides is 1. The van der Waals surface area contributed by atoms with E-state index in [4.69, 9.17) is 0 Å². The summed E-state index contributed by atoms with van der Waals surface area (Å²) in [6.07, 6.45) is 8.69. The van der Waals surface area contributed by atoms with Gasteiger partial charge < -0.3 is 20.4 Å². The van der Waals surface area contributed by atoms with Crippen molar-refractivity contribution < 1.29 is 4.79 Å². The number of hydrogen-bond acceptors (Lipinski definition) is 3. The number of hydrogen-bond donors (Lipinski definition) is 2. The molecule has 0 saturated carbocycles. The van der Waals surface area contributed by atoms with Crippen LogP contribution in [0, 0.1) is 0 Å². The maximum Gasteiger partial charge on any atom is 0.244 e. The van der Waals surface area contributed by atoms with Crippen LogP contribution in [0.2, 0.25) is 0 Å². The van der Waals surface area contributed by atoms with Gasteiger partial charge in [0.05, 0.1) is 0 Å². The fourth-order valence-corrected chi connectivity index (χ4v) is 3.69. The largest absolute Gasteiger partial charge is 0.357 e. The number of guanidine groups is 1. The molecule has 0 aromatic heterocycles. The molecular weight excluding hydrogens is 441 g/mol. The first kappa shape index (κ1) is 23.5. The van der Waals surface area contributed by atoms with Gasteiger partial charge in [-0.1, -0.05) is 6.42 Å². The second-order valence-electron chi connectivity index (χ2n) is 7.30. The summed E-state index contributed by atoms with van der Waals surface area (Å²) < 4.78 is 0. The Hall–Kier alpha value is -0.570. The number of piperidine rings is 1. The molecule has 1 unspecified atom stereocenters. The minimum Gasteiger partial charge on any atom is -0.357 e. The first-order valence-corrected chi connectivity index (χ1v) is 10.2. The van der Waals surface area contributed by atoms with Crippen molar-refractivity contribution in [3.63, 3.8) is 0 Å². The minimum atomic E-state index is 0. The molecule has 2 N–H and O–H groups in total. The average molecular weight is 479 g/mol. The molecule has 0 bridgehead atoms. The van der Waals surface area contributed by atoms with Crippen LogP contribution in [0.15, 0.2) is 4.99 Å². The number of rotatable bonds is 8. The topological polar surface area (TPSA) is 60.0 Å². The first-order valence-electron chi connectivity index (χ1n) is 10.2. The van der Waals surface area contributed by atoms with Crippen LogP contribution in [0.1, 0.15) is 58.8 Å². The van der Waals surface area contributed by atoms with E-state index in [9.17, 15) is 4.79 Å². The summed E-state index contributed by atoms with van der Waals surface area (Å²) >= 11 is 0. The highest BCUT2D eigenvalue weighted by Gasteiger charge is 2.18. The zero-order valence-electron chi connectivity index (χ0n) is 16.6. The third kappa shape index (κ3) is 8.41. The molecule has 0 aromatic rings. The molecule has 1 atom stereocenters. The molecule has 2 rings (SSSR count). The van der Waals surface area contributed by atoms with Crippen LogP contribution in [-0.2, 0) is 4.79 Å². The van der Waals surface area contributed by atoms with Crippen LogP contribution in [0.3, 0.4) is 0 Å². The van der Waals surface area contributed by atoms with Gasteiger partial charge in [0.2, 0.25) is 5.91 Å². The van der Waals surface area contributed by atoms with Gasteiger partial charge in [0, 0.05) is 32.2 Å². The van der Waals surface area contributed by atoms with E-state index in [1.807, 2.05) is 4.90 Å². The van der Waals surface area contributed by atoms with Gasteiger partial charge in [-0.2, -0.15) is 0 Å². The van der Waals surface area contributed by atoms with E-state index in [2.05, 4.69) is 34.4 Å². The van der Waals surface area contributed by atoms with Gasteiger partial charge in [-0.25, -0.2) is 4.99 Å². The van der Waals surface area contributed by atoms with Crippen LogP contribution < -0.4 is 10.6 Å².